The van der Waals surface area contributed by atoms with Gasteiger partial charge in [0.05, 0.1) is 23.1 Å². The van der Waals surface area contributed by atoms with Gasteiger partial charge in [-0.15, -0.1) is 0 Å². The predicted octanol–water partition coefficient (Wildman–Crippen LogP) is 3.12. The van der Waals surface area contributed by atoms with E-state index < -0.39 is 5.60 Å². The third kappa shape index (κ3) is 3.16. The van der Waals surface area contributed by atoms with Crippen LogP contribution < -0.4 is 5.32 Å². The molecular weight excluding hydrogens is 302 g/mol. The molecule has 3 rings (SSSR count). The van der Waals surface area contributed by atoms with E-state index in [9.17, 15) is 9.90 Å². The minimum Gasteiger partial charge on any atom is -0.385 e. The van der Waals surface area contributed by atoms with Gasteiger partial charge in [0.1, 0.15) is 5.82 Å². The van der Waals surface area contributed by atoms with Gasteiger partial charge in [-0.1, -0.05) is 30.3 Å². The van der Waals surface area contributed by atoms with Crippen molar-refractivity contribution < 1.29 is 9.90 Å². The number of amides is 1. The Kier molecular flexibility index (Phi) is 4.11. The Bertz CT molecular complexity index is 882. The molecule has 0 saturated heterocycles. The highest BCUT2D eigenvalue weighted by molar-refractivity contribution is 5.93. The maximum absolute atomic E-state index is 12.3. The second-order valence-electron chi connectivity index (χ2n) is 6.29. The fourth-order valence-electron chi connectivity index (χ4n) is 2.82. The Morgan fingerprint density at radius 1 is 1.25 bits per heavy atom. The van der Waals surface area contributed by atoms with Gasteiger partial charge in [-0.25, -0.2) is 4.98 Å². The minimum atomic E-state index is -1.21. The molecule has 124 valence electrons. The summed E-state index contributed by atoms with van der Waals surface area (Å²) in [6, 6.07) is 14.8. The predicted molar refractivity (Wildman–Crippen MR) is 94.7 cm³/mol. The molecule has 0 bridgehead atoms. The van der Waals surface area contributed by atoms with Crippen LogP contribution in [0.4, 0.5) is 5.69 Å². The molecule has 0 saturated carbocycles. The van der Waals surface area contributed by atoms with Crippen molar-refractivity contribution in [2.24, 2.45) is 7.05 Å². The average Bonchev–Trinajstić information content (AvgIpc) is 2.82. The lowest BCUT2D eigenvalue weighted by Gasteiger charge is -2.23. The standard InChI is InChI=1S/C19H21N3O2/c1-13-20-16-11-15(9-10-17(16)22(13)3)21-18(23)12-19(2,24)14-7-5-4-6-8-14/h4-11,24H,12H2,1-3H3,(H,21,23)/t19-/m1/s1. The van der Waals surface area contributed by atoms with E-state index in [2.05, 4.69) is 10.3 Å². The van der Waals surface area contributed by atoms with Crippen molar-refractivity contribution in [3.63, 3.8) is 0 Å². The van der Waals surface area contributed by atoms with Crippen LogP contribution in [0.2, 0.25) is 0 Å². The fraction of sp³-hybridized carbons (Fsp3) is 0.263. The van der Waals surface area contributed by atoms with Gasteiger partial charge in [0.15, 0.2) is 0 Å². The molecule has 3 aromatic rings. The number of benzene rings is 2. The molecule has 1 amide bonds. The van der Waals surface area contributed by atoms with Crippen LogP contribution in [-0.2, 0) is 17.4 Å². The lowest BCUT2D eigenvalue weighted by Crippen LogP contribution is -2.28. The third-order valence-corrected chi connectivity index (χ3v) is 4.29. The van der Waals surface area contributed by atoms with Crippen molar-refractivity contribution in [2.75, 3.05) is 5.32 Å². The number of rotatable bonds is 4. The van der Waals surface area contributed by atoms with Gasteiger partial charge in [-0.2, -0.15) is 0 Å². The van der Waals surface area contributed by atoms with Gasteiger partial charge >= 0.3 is 0 Å². The van der Waals surface area contributed by atoms with Crippen molar-refractivity contribution in [2.45, 2.75) is 25.9 Å². The Hall–Kier alpha value is -2.66. The van der Waals surface area contributed by atoms with Gasteiger partial charge in [-0.05, 0) is 37.6 Å². The van der Waals surface area contributed by atoms with E-state index in [1.807, 2.05) is 67.1 Å². The number of aryl methyl sites for hydroxylation is 2. The largest absolute Gasteiger partial charge is 0.385 e. The Morgan fingerprint density at radius 2 is 1.96 bits per heavy atom. The molecule has 1 aromatic heterocycles. The molecule has 2 aromatic carbocycles. The van der Waals surface area contributed by atoms with Crippen molar-refractivity contribution in [3.05, 3.63) is 59.9 Å². The molecular formula is C19H21N3O2. The van der Waals surface area contributed by atoms with Gasteiger partial charge in [-0.3, -0.25) is 4.79 Å². The summed E-state index contributed by atoms with van der Waals surface area (Å²) in [5.41, 5.74) is 2.03. The number of anilines is 1. The van der Waals surface area contributed by atoms with Crippen molar-refractivity contribution in [1.29, 1.82) is 0 Å². The number of nitrogens with zero attached hydrogens (tertiary/aromatic N) is 2. The summed E-state index contributed by atoms with van der Waals surface area (Å²) in [7, 11) is 1.96. The van der Waals surface area contributed by atoms with Crippen LogP contribution >= 0.6 is 0 Å². The number of carbonyl (C=O) groups is 1. The molecule has 0 radical (unpaired) electrons. The van der Waals surface area contributed by atoms with E-state index in [4.69, 9.17) is 0 Å². The van der Waals surface area contributed by atoms with E-state index in [0.717, 1.165) is 22.4 Å². The number of nitrogens with one attached hydrogen (secondary N) is 1. The van der Waals surface area contributed by atoms with E-state index in [0.29, 0.717) is 5.69 Å². The second kappa shape index (κ2) is 6.09. The minimum absolute atomic E-state index is 0.0176. The van der Waals surface area contributed by atoms with Crippen LogP contribution in [0.25, 0.3) is 11.0 Å². The molecule has 2 N–H and O–H groups in total. The summed E-state index contributed by atoms with van der Waals surface area (Å²) < 4.78 is 2.00. The van der Waals surface area contributed by atoms with E-state index in [1.165, 1.54) is 0 Å². The number of carbonyl (C=O) groups excluding carboxylic acids is 1. The first kappa shape index (κ1) is 16.2. The highest BCUT2D eigenvalue weighted by Crippen LogP contribution is 2.25. The van der Waals surface area contributed by atoms with Crippen molar-refractivity contribution in [1.82, 2.24) is 9.55 Å². The molecule has 0 unspecified atom stereocenters. The summed E-state index contributed by atoms with van der Waals surface area (Å²) in [6.07, 6.45) is -0.0176. The van der Waals surface area contributed by atoms with Gasteiger partial charge < -0.3 is 15.0 Å². The topological polar surface area (TPSA) is 67.2 Å². The molecule has 24 heavy (non-hydrogen) atoms. The Morgan fingerprint density at radius 3 is 2.67 bits per heavy atom. The smallest absolute Gasteiger partial charge is 0.227 e. The highest BCUT2D eigenvalue weighted by atomic mass is 16.3. The summed E-state index contributed by atoms with van der Waals surface area (Å²) in [5, 5.41) is 13.4. The van der Waals surface area contributed by atoms with E-state index >= 15 is 0 Å². The van der Waals surface area contributed by atoms with Crippen LogP contribution in [0.3, 0.4) is 0 Å². The Balaban J connectivity index is 1.75. The van der Waals surface area contributed by atoms with Crippen molar-refractivity contribution in [3.8, 4) is 0 Å². The maximum Gasteiger partial charge on any atom is 0.227 e. The summed E-state index contributed by atoms with van der Waals surface area (Å²) >= 11 is 0. The number of hydrogen-bond donors (Lipinski definition) is 2. The average molecular weight is 323 g/mol. The van der Waals surface area contributed by atoms with Crippen LogP contribution in [0.1, 0.15) is 24.7 Å². The quantitative estimate of drug-likeness (QED) is 0.775. The second-order valence-corrected chi connectivity index (χ2v) is 6.29. The molecule has 0 spiro atoms. The Labute approximate surface area is 141 Å². The molecule has 1 atom stereocenters. The zero-order valence-electron chi connectivity index (χ0n) is 14.1. The maximum atomic E-state index is 12.3. The van der Waals surface area contributed by atoms with E-state index in [-0.39, 0.29) is 12.3 Å². The third-order valence-electron chi connectivity index (χ3n) is 4.29. The number of hydrogen-bond acceptors (Lipinski definition) is 3. The summed E-state index contributed by atoms with van der Waals surface area (Å²) in [4.78, 5) is 16.8. The SMILES string of the molecule is Cc1nc2cc(NC(=O)C[C@@](C)(O)c3ccccc3)ccc2n1C. The van der Waals surface area contributed by atoms with Crippen molar-refractivity contribution >= 4 is 22.6 Å². The number of aliphatic hydroxyl groups is 1. The normalized spacial score (nSPS) is 13.7. The highest BCUT2D eigenvalue weighted by Gasteiger charge is 2.26. The van der Waals surface area contributed by atoms with Crippen LogP contribution in [0.5, 0.6) is 0 Å². The first-order chi connectivity index (χ1) is 11.4. The summed E-state index contributed by atoms with van der Waals surface area (Å²) in [6.45, 7) is 3.59. The molecule has 5 heteroatoms. The molecule has 0 aliphatic carbocycles. The fourth-order valence-corrected chi connectivity index (χ4v) is 2.82. The molecule has 1 heterocycles. The lowest BCUT2D eigenvalue weighted by atomic mass is 9.92. The molecule has 0 aliphatic heterocycles. The van der Waals surface area contributed by atoms with E-state index in [1.54, 1.807) is 6.92 Å². The first-order valence-electron chi connectivity index (χ1n) is 7.88. The van der Waals surface area contributed by atoms with Gasteiger partial charge in [0, 0.05) is 12.7 Å². The first-order valence-corrected chi connectivity index (χ1v) is 7.88. The summed E-state index contributed by atoms with van der Waals surface area (Å²) in [5.74, 6) is 0.677. The monoisotopic (exact) mass is 323 g/mol. The molecule has 0 aliphatic rings. The zero-order chi connectivity index (χ0) is 17.3. The zero-order valence-corrected chi connectivity index (χ0v) is 14.1. The van der Waals surface area contributed by atoms with Crippen LogP contribution in [-0.4, -0.2) is 20.6 Å². The molecule has 5 nitrogen and oxygen atoms in total. The van der Waals surface area contributed by atoms with Crippen LogP contribution in [0, 0.1) is 6.92 Å². The van der Waals surface area contributed by atoms with Gasteiger partial charge in [0.2, 0.25) is 5.91 Å². The molecule has 0 fully saturated rings. The van der Waals surface area contributed by atoms with Gasteiger partial charge in [0.25, 0.3) is 0 Å². The van der Waals surface area contributed by atoms with Crippen LogP contribution in [0.15, 0.2) is 48.5 Å². The number of imidazole rings is 1. The number of aromatic nitrogens is 2. The number of fused-ring (bicyclic) bond motifs is 1. The lowest BCUT2D eigenvalue weighted by molar-refractivity contribution is -0.120.